The Morgan fingerprint density at radius 1 is 1.18 bits per heavy atom. The highest BCUT2D eigenvalue weighted by molar-refractivity contribution is 8.18. The van der Waals surface area contributed by atoms with Crippen LogP contribution in [0.25, 0.3) is 0 Å². The maximum absolute atomic E-state index is 12.9. The van der Waals surface area contributed by atoms with Gasteiger partial charge in [-0.05, 0) is 48.8 Å². The lowest BCUT2D eigenvalue weighted by atomic mass is 9.93. The molecule has 1 amide bonds. The number of nitrogens with zero attached hydrogens (tertiary/aromatic N) is 3. The molecule has 1 saturated heterocycles. The number of carbonyl (C=O) groups excluding carboxylic acids is 1. The average Bonchev–Trinajstić information content (AvgIpc) is 2.97. The standard InChI is InChI=1S/C29H32N4O4S/c34-27(28-32-25(13-16-38-28)21-5-2-1-3-6-21)31-23-9-10-26(30-18-23)33-14-11-20(12-15-33)19-37-24-8-4-7-22(17-24)29(35)36/h1-5,7-9,13,16-17,20-21,25H,6,10-12,14-15,18-19H2,(H,31,34)(H,35,36). The number of likely N-dealkylation sites (tertiary alicyclic amines) is 1. The van der Waals surface area contributed by atoms with Crippen molar-refractivity contribution in [3.8, 4) is 5.75 Å². The number of carbonyl (C=O) groups is 2. The molecule has 5 rings (SSSR count). The number of amides is 1. The number of aliphatic imine (C=N–C) groups is 2. The van der Waals surface area contributed by atoms with Crippen LogP contribution in [0.3, 0.4) is 0 Å². The maximum atomic E-state index is 12.9. The molecule has 9 heteroatoms. The Balaban J connectivity index is 1.06. The first-order valence-corrected chi connectivity index (χ1v) is 13.9. The van der Waals surface area contributed by atoms with Gasteiger partial charge in [0.05, 0.1) is 24.8 Å². The van der Waals surface area contributed by atoms with Gasteiger partial charge in [0.15, 0.2) is 5.04 Å². The van der Waals surface area contributed by atoms with Gasteiger partial charge in [-0.3, -0.25) is 14.8 Å². The van der Waals surface area contributed by atoms with Gasteiger partial charge < -0.3 is 20.1 Å². The smallest absolute Gasteiger partial charge is 0.335 e. The summed E-state index contributed by atoms with van der Waals surface area (Å²) in [6.07, 6.45) is 16.1. The Hall–Kier alpha value is -3.59. The number of ether oxygens (including phenoxy) is 1. The molecule has 3 heterocycles. The van der Waals surface area contributed by atoms with Gasteiger partial charge in [0, 0.05) is 31.1 Å². The van der Waals surface area contributed by atoms with Crippen molar-refractivity contribution in [3.63, 3.8) is 0 Å². The molecule has 1 aromatic carbocycles. The Morgan fingerprint density at radius 2 is 2.05 bits per heavy atom. The molecule has 0 bridgehead atoms. The second-order valence-electron chi connectivity index (χ2n) is 9.78. The van der Waals surface area contributed by atoms with Crippen LogP contribution in [0.5, 0.6) is 5.75 Å². The van der Waals surface area contributed by atoms with Crippen molar-refractivity contribution in [2.24, 2.45) is 21.8 Å². The molecule has 198 valence electrons. The summed E-state index contributed by atoms with van der Waals surface area (Å²) in [5.41, 5.74) is 1.05. The lowest BCUT2D eigenvalue weighted by molar-refractivity contribution is -0.113. The summed E-state index contributed by atoms with van der Waals surface area (Å²) in [7, 11) is 0. The summed E-state index contributed by atoms with van der Waals surface area (Å²) >= 11 is 1.36. The predicted octanol–water partition coefficient (Wildman–Crippen LogP) is 4.44. The molecule has 0 spiro atoms. The molecule has 0 aromatic heterocycles. The van der Waals surface area contributed by atoms with Crippen LogP contribution in [0.15, 0.2) is 81.8 Å². The number of hydrogen-bond donors (Lipinski definition) is 2. The van der Waals surface area contributed by atoms with Crippen molar-refractivity contribution < 1.29 is 19.4 Å². The Morgan fingerprint density at radius 3 is 2.79 bits per heavy atom. The van der Waals surface area contributed by atoms with Crippen molar-refractivity contribution in [3.05, 3.63) is 77.4 Å². The zero-order valence-corrected chi connectivity index (χ0v) is 22.0. The molecule has 38 heavy (non-hydrogen) atoms. The van der Waals surface area contributed by atoms with Crippen LogP contribution in [0, 0.1) is 11.8 Å². The van der Waals surface area contributed by atoms with Crippen LogP contribution in [0.4, 0.5) is 0 Å². The third kappa shape index (κ3) is 6.64. The van der Waals surface area contributed by atoms with Gasteiger partial charge >= 0.3 is 5.97 Å². The molecule has 1 aromatic rings. The van der Waals surface area contributed by atoms with Gasteiger partial charge in [-0.25, -0.2) is 4.79 Å². The zero-order chi connectivity index (χ0) is 26.3. The molecule has 8 nitrogen and oxygen atoms in total. The topological polar surface area (TPSA) is 104 Å². The summed E-state index contributed by atoms with van der Waals surface area (Å²) < 4.78 is 5.88. The quantitative estimate of drug-likeness (QED) is 0.538. The van der Waals surface area contributed by atoms with E-state index in [2.05, 4.69) is 34.5 Å². The summed E-state index contributed by atoms with van der Waals surface area (Å²) in [5.74, 6) is 1.24. The van der Waals surface area contributed by atoms with Crippen molar-refractivity contribution in [2.75, 3.05) is 26.2 Å². The van der Waals surface area contributed by atoms with Crippen LogP contribution in [-0.2, 0) is 4.79 Å². The number of allylic oxidation sites excluding steroid dienone is 3. The van der Waals surface area contributed by atoms with E-state index in [4.69, 9.17) is 19.8 Å². The fourth-order valence-corrected chi connectivity index (χ4v) is 5.64. The van der Waals surface area contributed by atoms with E-state index < -0.39 is 5.97 Å². The third-order valence-corrected chi connectivity index (χ3v) is 7.96. The molecular formula is C29H32N4O4S. The molecule has 0 radical (unpaired) electrons. The van der Waals surface area contributed by atoms with E-state index in [1.165, 1.54) is 11.8 Å². The minimum absolute atomic E-state index is 0.00797. The van der Waals surface area contributed by atoms with Crippen molar-refractivity contribution in [2.45, 2.75) is 31.7 Å². The van der Waals surface area contributed by atoms with Gasteiger partial charge in [0.25, 0.3) is 5.91 Å². The summed E-state index contributed by atoms with van der Waals surface area (Å²) in [4.78, 5) is 35.8. The molecule has 2 atom stereocenters. The van der Waals surface area contributed by atoms with Gasteiger partial charge in [0.1, 0.15) is 11.6 Å². The number of hydrogen-bond acceptors (Lipinski definition) is 7. The van der Waals surface area contributed by atoms with Gasteiger partial charge in [0.2, 0.25) is 0 Å². The molecule has 2 unspecified atom stereocenters. The number of amidine groups is 1. The van der Waals surface area contributed by atoms with Crippen LogP contribution in [0.2, 0.25) is 0 Å². The molecule has 0 saturated carbocycles. The Labute approximate surface area is 226 Å². The van der Waals surface area contributed by atoms with Crippen molar-refractivity contribution in [1.82, 2.24) is 10.2 Å². The van der Waals surface area contributed by atoms with E-state index in [9.17, 15) is 9.59 Å². The molecule has 1 fully saturated rings. The minimum atomic E-state index is -0.952. The number of rotatable bonds is 7. The maximum Gasteiger partial charge on any atom is 0.335 e. The van der Waals surface area contributed by atoms with Gasteiger partial charge in [-0.15, -0.1) is 0 Å². The largest absolute Gasteiger partial charge is 0.493 e. The highest BCUT2D eigenvalue weighted by Gasteiger charge is 2.25. The second kappa shape index (κ2) is 12.3. The predicted molar refractivity (Wildman–Crippen MR) is 151 cm³/mol. The van der Waals surface area contributed by atoms with Crippen LogP contribution in [0.1, 0.15) is 36.0 Å². The lowest BCUT2D eigenvalue weighted by Crippen LogP contribution is -2.41. The molecule has 4 aliphatic rings. The third-order valence-electron chi connectivity index (χ3n) is 7.15. The fourth-order valence-electron chi connectivity index (χ4n) is 4.93. The Bertz CT molecular complexity index is 1240. The summed E-state index contributed by atoms with van der Waals surface area (Å²) in [6, 6.07) is 6.62. The monoisotopic (exact) mass is 532 g/mol. The average molecular weight is 533 g/mol. The number of nitrogens with one attached hydrogen (secondary N) is 1. The number of carboxylic acids is 1. The fraction of sp³-hybridized carbons (Fsp3) is 0.379. The molecule has 2 N–H and O–H groups in total. The van der Waals surface area contributed by atoms with Gasteiger partial charge in [-0.2, -0.15) is 0 Å². The van der Waals surface area contributed by atoms with E-state index in [1.54, 1.807) is 24.3 Å². The normalized spacial score (nSPS) is 23.4. The number of benzene rings is 1. The lowest BCUT2D eigenvalue weighted by Gasteiger charge is -2.35. The number of thioether (sulfide) groups is 1. The molecular weight excluding hydrogens is 500 g/mol. The summed E-state index contributed by atoms with van der Waals surface area (Å²) in [5, 5.41) is 14.6. The first kappa shape index (κ1) is 26.0. The number of dihydropyridines is 1. The second-order valence-corrected chi connectivity index (χ2v) is 10.7. The highest BCUT2D eigenvalue weighted by Crippen LogP contribution is 2.26. The van der Waals surface area contributed by atoms with E-state index in [0.29, 0.717) is 42.2 Å². The first-order chi connectivity index (χ1) is 18.5. The van der Waals surface area contributed by atoms with Crippen molar-refractivity contribution >= 4 is 34.5 Å². The van der Waals surface area contributed by atoms with E-state index in [-0.39, 0.29) is 17.5 Å². The number of aromatic carboxylic acids is 1. The van der Waals surface area contributed by atoms with Crippen LogP contribution >= 0.6 is 11.8 Å². The zero-order valence-electron chi connectivity index (χ0n) is 21.2. The van der Waals surface area contributed by atoms with Crippen LogP contribution in [-0.4, -0.2) is 65.0 Å². The summed E-state index contributed by atoms with van der Waals surface area (Å²) in [6.45, 7) is 2.84. The van der Waals surface area contributed by atoms with E-state index >= 15 is 0 Å². The number of carboxylic acid groups (broad SMARTS) is 1. The first-order valence-electron chi connectivity index (χ1n) is 13.0. The molecule has 1 aliphatic carbocycles. The molecule has 3 aliphatic heterocycles. The SMILES string of the molecule is O=C(NC1=CCC(N2CCC(COc3cccc(C(=O)O)c3)CC2)=NC1)C1=NC(C2C=CC=CC2)C=CS1. The Kier molecular flexibility index (Phi) is 8.43. The minimum Gasteiger partial charge on any atom is -0.493 e. The highest BCUT2D eigenvalue weighted by atomic mass is 32.2. The van der Waals surface area contributed by atoms with Crippen molar-refractivity contribution in [1.29, 1.82) is 0 Å². The van der Waals surface area contributed by atoms with Crippen LogP contribution < -0.4 is 10.1 Å². The number of piperidine rings is 1. The van der Waals surface area contributed by atoms with E-state index in [0.717, 1.165) is 43.9 Å². The van der Waals surface area contributed by atoms with Gasteiger partial charge in [-0.1, -0.05) is 54.3 Å². The van der Waals surface area contributed by atoms with E-state index in [1.807, 2.05) is 17.6 Å².